The molecule has 0 radical (unpaired) electrons. The van der Waals surface area contributed by atoms with Crippen molar-refractivity contribution in [3.63, 3.8) is 0 Å². The number of ether oxygens (including phenoxy) is 2. The summed E-state index contributed by atoms with van der Waals surface area (Å²) >= 11 is 0. The minimum Gasteiger partial charge on any atom is -0.444 e. The second-order valence-electron chi connectivity index (χ2n) is 12.8. The van der Waals surface area contributed by atoms with Gasteiger partial charge in [-0.25, -0.2) is 19.6 Å². The van der Waals surface area contributed by atoms with Gasteiger partial charge in [0.25, 0.3) is 0 Å². The van der Waals surface area contributed by atoms with Gasteiger partial charge in [-0.2, -0.15) is 0 Å². The summed E-state index contributed by atoms with van der Waals surface area (Å²) in [7, 11) is 1.00. The normalized spacial score (nSPS) is 16.6. The van der Waals surface area contributed by atoms with E-state index >= 15 is 0 Å². The number of H-pyrrole nitrogens is 2. The highest BCUT2D eigenvalue weighted by atomic mass is 16.6. The van der Waals surface area contributed by atoms with Crippen molar-refractivity contribution in [2.45, 2.75) is 65.1 Å². The molecule has 0 aliphatic carbocycles. The second kappa shape index (κ2) is 13.5. The molecular formula is C33H44N6O5. The number of hydrogen-bond donors (Lipinski definition) is 3. The molecule has 2 amide bonds. The molecule has 0 spiro atoms. The maximum absolute atomic E-state index is 12.1. The van der Waals surface area contributed by atoms with Gasteiger partial charge >= 0.3 is 12.2 Å². The Morgan fingerprint density at radius 2 is 1.41 bits per heavy atom. The van der Waals surface area contributed by atoms with Crippen LogP contribution in [0.15, 0.2) is 55.1 Å². The summed E-state index contributed by atoms with van der Waals surface area (Å²) in [5, 5.41) is 7.00. The number of aliphatic hydroxyl groups is 1. The van der Waals surface area contributed by atoms with E-state index in [1.165, 1.54) is 5.56 Å². The first-order valence-electron chi connectivity index (χ1n) is 14.8. The molecule has 2 aromatic heterocycles. The molecule has 0 saturated carbocycles. The third kappa shape index (κ3) is 8.37. The predicted molar refractivity (Wildman–Crippen MR) is 171 cm³/mol. The molecule has 3 N–H and O–H groups in total. The Balaban J connectivity index is 0.000000190. The van der Waals surface area contributed by atoms with E-state index < -0.39 is 11.2 Å². The molecule has 2 aliphatic heterocycles. The SMILES string of the molecule is CC(C)(C)OC(=O)N1CC=C(c2ccc3nc[nH]c3c2)C1.CC(C)(C)OC(=O)N1CCC(c2ccc3nc[nH]c3c2)C1.CO. The van der Waals surface area contributed by atoms with E-state index in [9.17, 15) is 9.59 Å². The Kier molecular flexibility index (Phi) is 9.98. The minimum absolute atomic E-state index is 0.215. The predicted octanol–water partition coefficient (Wildman–Crippen LogP) is 6.09. The molecule has 4 aromatic rings. The smallest absolute Gasteiger partial charge is 0.410 e. The zero-order valence-electron chi connectivity index (χ0n) is 26.7. The molecule has 2 aliphatic rings. The number of amides is 2. The highest BCUT2D eigenvalue weighted by Crippen LogP contribution is 2.30. The Hall–Kier alpha value is -4.38. The van der Waals surface area contributed by atoms with E-state index in [4.69, 9.17) is 14.6 Å². The van der Waals surface area contributed by atoms with Crippen molar-refractivity contribution in [2.75, 3.05) is 33.3 Å². The average Bonchev–Trinajstić information content (AvgIpc) is 3.78. The van der Waals surface area contributed by atoms with Gasteiger partial charge in [-0.15, -0.1) is 0 Å². The van der Waals surface area contributed by atoms with E-state index in [2.05, 4.69) is 44.2 Å². The quantitative estimate of drug-likeness (QED) is 0.252. The topological polar surface area (TPSA) is 137 Å². The van der Waals surface area contributed by atoms with Gasteiger partial charge < -0.3 is 34.3 Å². The average molecular weight is 605 g/mol. The number of nitrogens with one attached hydrogen (secondary N) is 2. The van der Waals surface area contributed by atoms with Crippen LogP contribution < -0.4 is 0 Å². The monoisotopic (exact) mass is 604 g/mol. The lowest BCUT2D eigenvalue weighted by molar-refractivity contribution is 0.0287. The van der Waals surface area contributed by atoms with Gasteiger partial charge in [-0.3, -0.25) is 0 Å². The Morgan fingerprint density at radius 3 is 2.02 bits per heavy atom. The fraction of sp³-hybridized carbons (Fsp3) is 0.455. The van der Waals surface area contributed by atoms with Crippen LogP contribution in [-0.2, 0) is 9.47 Å². The fourth-order valence-electron chi connectivity index (χ4n) is 5.10. The summed E-state index contributed by atoms with van der Waals surface area (Å²) in [6.07, 6.45) is 5.95. The number of likely N-dealkylation sites (tertiary alicyclic amines) is 1. The highest BCUT2D eigenvalue weighted by molar-refractivity contribution is 5.83. The van der Waals surface area contributed by atoms with Crippen LogP contribution in [0, 0.1) is 0 Å². The summed E-state index contributed by atoms with van der Waals surface area (Å²) in [5.41, 5.74) is 6.56. The van der Waals surface area contributed by atoms with Crippen molar-refractivity contribution in [1.29, 1.82) is 0 Å². The molecule has 44 heavy (non-hydrogen) atoms. The molecular weight excluding hydrogens is 560 g/mol. The first-order valence-corrected chi connectivity index (χ1v) is 14.8. The van der Waals surface area contributed by atoms with Crippen LogP contribution >= 0.6 is 0 Å². The van der Waals surface area contributed by atoms with E-state index in [1.54, 1.807) is 22.5 Å². The number of aromatic amines is 2. The molecule has 4 heterocycles. The molecule has 2 aromatic carbocycles. The van der Waals surface area contributed by atoms with Gasteiger partial charge in [-0.05, 0) is 88.9 Å². The third-order valence-corrected chi connectivity index (χ3v) is 7.12. The van der Waals surface area contributed by atoms with Crippen LogP contribution in [0.3, 0.4) is 0 Å². The maximum Gasteiger partial charge on any atom is 0.410 e. The number of carbonyl (C=O) groups is 2. The van der Waals surface area contributed by atoms with Gasteiger partial charge in [0.1, 0.15) is 11.2 Å². The van der Waals surface area contributed by atoms with Gasteiger partial charge in [-0.1, -0.05) is 18.2 Å². The maximum atomic E-state index is 12.1. The van der Waals surface area contributed by atoms with E-state index in [1.807, 2.05) is 59.7 Å². The number of nitrogens with zero attached hydrogens (tertiary/aromatic N) is 4. The lowest BCUT2D eigenvalue weighted by Gasteiger charge is -2.24. The summed E-state index contributed by atoms with van der Waals surface area (Å²) in [6.45, 7) is 13.9. The van der Waals surface area contributed by atoms with Gasteiger partial charge in [0, 0.05) is 39.2 Å². The molecule has 11 nitrogen and oxygen atoms in total. The fourth-order valence-corrected chi connectivity index (χ4v) is 5.10. The molecule has 1 fully saturated rings. The van der Waals surface area contributed by atoms with Gasteiger partial charge in [0.15, 0.2) is 0 Å². The molecule has 0 bridgehead atoms. The highest BCUT2D eigenvalue weighted by Gasteiger charge is 2.31. The zero-order chi connectivity index (χ0) is 32.1. The molecule has 1 atom stereocenters. The van der Waals surface area contributed by atoms with Crippen LogP contribution in [0.4, 0.5) is 9.59 Å². The number of rotatable bonds is 2. The summed E-state index contributed by atoms with van der Waals surface area (Å²) in [6, 6.07) is 12.3. The van der Waals surface area contributed by atoms with Gasteiger partial charge in [0.2, 0.25) is 0 Å². The van der Waals surface area contributed by atoms with Crippen LogP contribution in [0.1, 0.15) is 65.0 Å². The number of fused-ring (bicyclic) bond motifs is 2. The molecule has 11 heteroatoms. The third-order valence-electron chi connectivity index (χ3n) is 7.12. The lowest BCUT2D eigenvalue weighted by Crippen LogP contribution is -2.35. The lowest BCUT2D eigenvalue weighted by atomic mass is 9.98. The zero-order valence-corrected chi connectivity index (χ0v) is 26.7. The first-order chi connectivity index (χ1) is 20.8. The van der Waals surface area contributed by atoms with Crippen LogP contribution in [0.25, 0.3) is 27.6 Å². The van der Waals surface area contributed by atoms with Crippen molar-refractivity contribution < 1.29 is 24.2 Å². The van der Waals surface area contributed by atoms with Crippen molar-refractivity contribution >= 4 is 39.8 Å². The van der Waals surface area contributed by atoms with Crippen LogP contribution in [-0.4, -0.2) is 91.5 Å². The van der Waals surface area contributed by atoms with E-state index in [0.717, 1.165) is 53.3 Å². The summed E-state index contributed by atoms with van der Waals surface area (Å²) < 4.78 is 10.8. The number of hydrogen-bond acceptors (Lipinski definition) is 7. The van der Waals surface area contributed by atoms with E-state index in [-0.39, 0.29) is 12.2 Å². The molecule has 1 saturated heterocycles. The molecule has 236 valence electrons. The molecule has 6 rings (SSSR count). The first kappa shape index (κ1) is 32.5. The van der Waals surface area contributed by atoms with Crippen molar-refractivity contribution in [2.24, 2.45) is 0 Å². The Labute approximate surface area is 258 Å². The van der Waals surface area contributed by atoms with Gasteiger partial charge in [0.05, 0.1) is 34.7 Å². The number of benzene rings is 2. The number of carbonyl (C=O) groups excluding carboxylic acids is 2. The van der Waals surface area contributed by atoms with Crippen LogP contribution in [0.5, 0.6) is 0 Å². The Morgan fingerprint density at radius 1 is 0.841 bits per heavy atom. The van der Waals surface area contributed by atoms with Crippen LogP contribution in [0.2, 0.25) is 0 Å². The number of aromatic nitrogens is 4. The number of imidazole rings is 2. The van der Waals surface area contributed by atoms with Crippen molar-refractivity contribution in [3.05, 3.63) is 66.3 Å². The minimum atomic E-state index is -0.464. The molecule has 1 unspecified atom stereocenters. The summed E-state index contributed by atoms with van der Waals surface area (Å²) in [4.78, 5) is 42.3. The summed E-state index contributed by atoms with van der Waals surface area (Å²) in [5.74, 6) is 0.366. The van der Waals surface area contributed by atoms with Crippen molar-refractivity contribution in [1.82, 2.24) is 29.7 Å². The Bertz CT molecular complexity index is 1580. The number of aliphatic hydroxyl groups excluding tert-OH is 1. The van der Waals surface area contributed by atoms with Crippen molar-refractivity contribution in [3.8, 4) is 0 Å². The van der Waals surface area contributed by atoms with E-state index in [0.29, 0.717) is 25.6 Å². The standard InChI is InChI=1S/C16H21N3O2.C16H19N3O2.CH4O/c2*1-16(2,3)21-15(20)19-7-6-12(9-19)11-4-5-13-14(8-11)18-10-17-13;1-2/h4-5,8,10,12H,6-7,9H2,1-3H3,(H,17,18);4-6,8,10H,7,9H2,1-3H3,(H,17,18);2H,1H3. The largest absolute Gasteiger partial charge is 0.444 e. The second-order valence-corrected chi connectivity index (χ2v) is 12.8.